The van der Waals surface area contributed by atoms with Crippen LogP contribution in [0.4, 0.5) is 0 Å². The second-order valence-corrected chi connectivity index (χ2v) is 6.04. The first-order valence-electron chi connectivity index (χ1n) is 5.90. The number of nitrogens with one attached hydrogen (secondary N) is 1. The van der Waals surface area contributed by atoms with Crippen LogP contribution in [0, 0.1) is 11.3 Å². The Kier molecular flexibility index (Phi) is 6.61. The van der Waals surface area contributed by atoms with Gasteiger partial charge < -0.3 is 0 Å². The summed E-state index contributed by atoms with van der Waals surface area (Å²) in [6.45, 7) is 5.96. The zero-order valence-electron chi connectivity index (χ0n) is 10.4. The molecule has 0 aliphatic rings. The summed E-state index contributed by atoms with van der Waals surface area (Å²) in [6.07, 6.45) is 3.18. The summed E-state index contributed by atoms with van der Waals surface area (Å²) in [5, 5.41) is 9.23. The molecule has 0 fully saturated rings. The Morgan fingerprint density at radius 3 is 2.19 bits per heavy atom. The number of hydrogen-bond donors (Lipinski definition) is 1. The van der Waals surface area contributed by atoms with Gasteiger partial charge in [0.1, 0.15) is 0 Å². The SMILES string of the molecule is CCCCC(C#N)(CCC)S(=O)(=O)NCC. The van der Waals surface area contributed by atoms with Gasteiger partial charge in [0.25, 0.3) is 0 Å². The molecule has 4 nitrogen and oxygen atoms in total. The van der Waals surface area contributed by atoms with Crippen molar-refractivity contribution in [2.75, 3.05) is 6.54 Å². The van der Waals surface area contributed by atoms with Gasteiger partial charge in [-0.1, -0.05) is 40.0 Å². The molecule has 0 bridgehead atoms. The van der Waals surface area contributed by atoms with Crippen LogP contribution in [0.25, 0.3) is 0 Å². The maximum atomic E-state index is 12.0. The smallest absolute Gasteiger partial charge is 0.214 e. The zero-order chi connectivity index (χ0) is 12.7. The number of sulfonamides is 1. The molecular weight excluding hydrogens is 224 g/mol. The summed E-state index contributed by atoms with van der Waals surface area (Å²) < 4.78 is 25.3. The molecule has 0 radical (unpaired) electrons. The lowest BCUT2D eigenvalue weighted by molar-refractivity contribution is 0.491. The first kappa shape index (κ1) is 15.4. The van der Waals surface area contributed by atoms with E-state index in [1.165, 1.54) is 0 Å². The van der Waals surface area contributed by atoms with Gasteiger partial charge in [-0.3, -0.25) is 0 Å². The average Bonchev–Trinajstić information content (AvgIpc) is 2.24. The molecule has 0 saturated carbocycles. The molecule has 94 valence electrons. The molecule has 5 heteroatoms. The minimum absolute atomic E-state index is 0.335. The van der Waals surface area contributed by atoms with Gasteiger partial charge in [-0.15, -0.1) is 0 Å². The van der Waals surface area contributed by atoms with Crippen LogP contribution in [0.1, 0.15) is 52.9 Å². The fraction of sp³-hybridized carbons (Fsp3) is 0.909. The molecule has 0 rings (SSSR count). The first-order valence-corrected chi connectivity index (χ1v) is 7.38. The van der Waals surface area contributed by atoms with Gasteiger partial charge in [0.05, 0.1) is 6.07 Å². The van der Waals surface area contributed by atoms with Crippen molar-refractivity contribution in [3.05, 3.63) is 0 Å². The van der Waals surface area contributed by atoms with Crippen LogP contribution in [0.3, 0.4) is 0 Å². The topological polar surface area (TPSA) is 70.0 Å². The zero-order valence-corrected chi connectivity index (χ0v) is 11.2. The van der Waals surface area contributed by atoms with E-state index in [0.29, 0.717) is 25.8 Å². The number of hydrogen-bond acceptors (Lipinski definition) is 3. The van der Waals surface area contributed by atoms with Gasteiger partial charge in [0, 0.05) is 6.54 Å². The summed E-state index contributed by atoms with van der Waals surface area (Å²) in [4.78, 5) is 0. The highest BCUT2D eigenvalue weighted by atomic mass is 32.2. The molecule has 16 heavy (non-hydrogen) atoms. The van der Waals surface area contributed by atoms with Crippen LogP contribution in [0.5, 0.6) is 0 Å². The molecule has 0 spiro atoms. The van der Waals surface area contributed by atoms with Crippen molar-refractivity contribution in [1.82, 2.24) is 4.72 Å². The van der Waals surface area contributed by atoms with Crippen molar-refractivity contribution < 1.29 is 8.42 Å². The molecule has 0 aromatic rings. The summed E-state index contributed by atoms with van der Waals surface area (Å²) in [7, 11) is -3.53. The second-order valence-electron chi connectivity index (χ2n) is 3.96. The molecule has 0 saturated heterocycles. The average molecular weight is 246 g/mol. The van der Waals surface area contributed by atoms with Gasteiger partial charge in [0.2, 0.25) is 10.0 Å². The first-order chi connectivity index (χ1) is 7.49. The largest absolute Gasteiger partial charge is 0.230 e. The van der Waals surface area contributed by atoms with E-state index in [9.17, 15) is 13.7 Å². The molecule has 0 amide bonds. The van der Waals surface area contributed by atoms with E-state index in [1.54, 1.807) is 6.92 Å². The maximum absolute atomic E-state index is 12.0. The number of nitrogens with zero attached hydrogens (tertiary/aromatic N) is 1. The predicted octanol–water partition coefficient (Wildman–Crippen LogP) is 2.18. The number of nitriles is 1. The van der Waals surface area contributed by atoms with Crippen molar-refractivity contribution in [3.63, 3.8) is 0 Å². The highest BCUT2D eigenvalue weighted by Crippen LogP contribution is 2.28. The van der Waals surface area contributed by atoms with Crippen molar-refractivity contribution in [3.8, 4) is 6.07 Å². The van der Waals surface area contributed by atoms with E-state index in [4.69, 9.17) is 0 Å². The Labute approximate surface area is 99.1 Å². The third-order valence-corrected chi connectivity index (χ3v) is 4.84. The normalized spacial score (nSPS) is 15.4. The highest BCUT2D eigenvalue weighted by Gasteiger charge is 2.42. The van der Waals surface area contributed by atoms with E-state index < -0.39 is 14.8 Å². The van der Waals surface area contributed by atoms with Gasteiger partial charge in [-0.2, -0.15) is 5.26 Å². The van der Waals surface area contributed by atoms with Crippen molar-refractivity contribution >= 4 is 10.0 Å². The van der Waals surface area contributed by atoms with Gasteiger partial charge in [-0.25, -0.2) is 13.1 Å². The van der Waals surface area contributed by atoms with Crippen LogP contribution in [-0.4, -0.2) is 19.7 Å². The van der Waals surface area contributed by atoms with E-state index in [2.05, 4.69) is 4.72 Å². The van der Waals surface area contributed by atoms with Gasteiger partial charge >= 0.3 is 0 Å². The molecule has 0 aliphatic heterocycles. The van der Waals surface area contributed by atoms with E-state index >= 15 is 0 Å². The van der Waals surface area contributed by atoms with Crippen LogP contribution in [0.15, 0.2) is 0 Å². The summed E-state index contributed by atoms with van der Waals surface area (Å²) in [5.74, 6) is 0. The van der Waals surface area contributed by atoms with E-state index in [1.807, 2.05) is 19.9 Å². The summed E-state index contributed by atoms with van der Waals surface area (Å²) in [5.41, 5.74) is 0. The Hall–Kier alpha value is -0.600. The van der Waals surface area contributed by atoms with Crippen molar-refractivity contribution in [2.24, 2.45) is 0 Å². The third-order valence-electron chi connectivity index (χ3n) is 2.64. The van der Waals surface area contributed by atoms with Crippen LogP contribution in [-0.2, 0) is 10.0 Å². The van der Waals surface area contributed by atoms with Crippen molar-refractivity contribution in [2.45, 2.75) is 57.6 Å². The van der Waals surface area contributed by atoms with Crippen LogP contribution < -0.4 is 4.72 Å². The Balaban J connectivity index is 5.11. The quantitative estimate of drug-likeness (QED) is 0.713. The number of unbranched alkanes of at least 4 members (excludes halogenated alkanes) is 1. The molecule has 1 unspecified atom stereocenters. The van der Waals surface area contributed by atoms with E-state index in [-0.39, 0.29) is 0 Å². The number of rotatable bonds is 8. The molecule has 0 heterocycles. The second kappa shape index (κ2) is 6.87. The predicted molar refractivity (Wildman–Crippen MR) is 65.4 cm³/mol. The standard InChI is InChI=1S/C11H22N2O2S/c1-4-7-9-11(10-12,8-5-2)16(14,15)13-6-3/h13H,4-9H2,1-3H3. The molecule has 0 aromatic carbocycles. The monoisotopic (exact) mass is 246 g/mol. The maximum Gasteiger partial charge on any atom is 0.230 e. The van der Waals surface area contributed by atoms with Crippen LogP contribution in [0.2, 0.25) is 0 Å². The third kappa shape index (κ3) is 3.46. The molecule has 0 aromatic heterocycles. The Morgan fingerprint density at radius 2 is 1.81 bits per heavy atom. The Bertz CT molecular complexity index is 332. The minimum atomic E-state index is -3.53. The van der Waals surface area contributed by atoms with E-state index in [0.717, 1.165) is 12.8 Å². The van der Waals surface area contributed by atoms with Crippen molar-refractivity contribution in [1.29, 1.82) is 5.26 Å². The fourth-order valence-corrected chi connectivity index (χ4v) is 3.42. The van der Waals surface area contributed by atoms with Crippen LogP contribution >= 0.6 is 0 Å². The molecule has 1 atom stereocenters. The molecular formula is C11H22N2O2S. The summed E-state index contributed by atoms with van der Waals surface area (Å²) >= 11 is 0. The lowest BCUT2D eigenvalue weighted by atomic mass is 9.98. The van der Waals surface area contributed by atoms with Gasteiger partial charge in [-0.05, 0) is 12.8 Å². The highest BCUT2D eigenvalue weighted by molar-refractivity contribution is 7.91. The lowest BCUT2D eigenvalue weighted by Crippen LogP contribution is -2.45. The Morgan fingerprint density at radius 1 is 1.19 bits per heavy atom. The molecule has 1 N–H and O–H groups in total. The van der Waals surface area contributed by atoms with Gasteiger partial charge in [0.15, 0.2) is 4.75 Å². The molecule has 0 aliphatic carbocycles. The minimum Gasteiger partial charge on any atom is -0.214 e. The summed E-state index contributed by atoms with van der Waals surface area (Å²) in [6, 6.07) is 2.03. The lowest BCUT2D eigenvalue weighted by Gasteiger charge is -2.25. The fourth-order valence-electron chi connectivity index (χ4n) is 1.76.